The molecule has 0 saturated carbocycles. The van der Waals surface area contributed by atoms with Gasteiger partial charge in [0, 0.05) is 0 Å². The maximum Gasteiger partial charge on any atom is 0.433 e. The first-order chi connectivity index (χ1) is 9.96. The summed E-state index contributed by atoms with van der Waals surface area (Å²) in [6, 6.07) is -0.233. The highest BCUT2D eigenvalue weighted by molar-refractivity contribution is 7.98. The van der Waals surface area contributed by atoms with E-state index >= 15 is 0 Å². The third-order valence-electron chi connectivity index (χ3n) is 2.54. The van der Waals surface area contributed by atoms with Crippen LogP contribution in [0.3, 0.4) is 0 Å². The molecule has 0 aromatic carbocycles. The third kappa shape index (κ3) is 2.69. The van der Waals surface area contributed by atoms with Gasteiger partial charge in [0.15, 0.2) is 11.3 Å². The van der Waals surface area contributed by atoms with Crippen LogP contribution in [0.2, 0.25) is 0 Å². The van der Waals surface area contributed by atoms with Crippen LogP contribution in [-0.2, 0) is 12.4 Å². The Bertz CT molecular complexity index is 752. The first-order valence-corrected chi connectivity index (χ1v) is 6.52. The third-order valence-corrected chi connectivity index (χ3v) is 3.21. The topological polar surface area (TPSA) is 70.3 Å². The molecule has 0 aliphatic carbocycles. The molecule has 0 spiro atoms. The molecule has 12 heteroatoms. The molecule has 120 valence electrons. The highest BCUT2D eigenvalue weighted by atomic mass is 32.2. The van der Waals surface area contributed by atoms with Gasteiger partial charge in [-0.3, -0.25) is 0 Å². The van der Waals surface area contributed by atoms with E-state index in [4.69, 9.17) is 0 Å². The summed E-state index contributed by atoms with van der Waals surface area (Å²) in [6.07, 6.45) is -9.08. The number of hydrogen-bond acceptors (Lipinski definition) is 5. The monoisotopic (exact) mass is 344 g/mol. The molecule has 22 heavy (non-hydrogen) atoms. The highest BCUT2D eigenvalue weighted by Crippen LogP contribution is 2.36. The average molecular weight is 344 g/mol. The van der Waals surface area contributed by atoms with Crippen molar-refractivity contribution in [1.82, 2.24) is 14.6 Å². The second-order valence-corrected chi connectivity index (χ2v) is 4.72. The molecule has 0 aliphatic heterocycles. The summed E-state index contributed by atoms with van der Waals surface area (Å²) in [4.78, 5) is 13.9. The largest absolute Gasteiger partial charge is 0.545 e. The molecule has 0 amide bonds. The number of carbonyl (C=O) groups is 1. The predicted molar refractivity (Wildman–Crippen MR) is 59.1 cm³/mol. The summed E-state index contributed by atoms with van der Waals surface area (Å²) < 4.78 is 76.8. The van der Waals surface area contributed by atoms with Gasteiger partial charge in [-0.05, 0) is 12.3 Å². The Morgan fingerprint density at radius 3 is 2.23 bits per heavy atom. The number of aromatic nitrogens is 3. The molecule has 0 aliphatic rings. The molecule has 0 unspecified atom stereocenters. The zero-order chi connectivity index (χ0) is 16.9. The molecule has 2 heterocycles. The first-order valence-electron chi connectivity index (χ1n) is 5.30. The van der Waals surface area contributed by atoms with Crippen LogP contribution in [0.5, 0.6) is 0 Å². The van der Waals surface area contributed by atoms with Crippen molar-refractivity contribution in [2.24, 2.45) is 0 Å². The minimum atomic E-state index is -5.19. The number of nitrogens with zero attached hydrogens (tertiary/aromatic N) is 3. The van der Waals surface area contributed by atoms with Crippen molar-refractivity contribution >= 4 is 23.4 Å². The van der Waals surface area contributed by atoms with Gasteiger partial charge >= 0.3 is 12.4 Å². The van der Waals surface area contributed by atoms with Crippen molar-refractivity contribution in [3.05, 3.63) is 23.0 Å². The Kier molecular flexibility index (Phi) is 3.75. The second-order valence-electron chi connectivity index (χ2n) is 3.93. The van der Waals surface area contributed by atoms with Gasteiger partial charge in [-0.1, -0.05) is 0 Å². The molecule has 0 saturated heterocycles. The Hall–Kier alpha value is -1.98. The normalized spacial score (nSPS) is 12.9. The van der Waals surface area contributed by atoms with Crippen LogP contribution in [0.25, 0.3) is 5.65 Å². The minimum absolute atomic E-state index is 0.0200. The van der Waals surface area contributed by atoms with E-state index in [2.05, 4.69) is 10.1 Å². The van der Waals surface area contributed by atoms with Gasteiger partial charge in [-0.15, -0.1) is 11.8 Å². The number of hydrogen-bond donors (Lipinski definition) is 0. The van der Waals surface area contributed by atoms with Crippen molar-refractivity contribution in [2.45, 2.75) is 17.4 Å². The zero-order valence-electron chi connectivity index (χ0n) is 10.4. The standard InChI is InChI=1S/C10H5F6N3O2S/c1-22-7-5(8(20)21)6-17-3(9(11,12)13)2-4(10(14,15)16)19(6)18-7/h2H,1H3,(H,20,21)/p-1. The van der Waals surface area contributed by atoms with Crippen LogP contribution >= 0.6 is 11.8 Å². The summed E-state index contributed by atoms with van der Waals surface area (Å²) >= 11 is 0.641. The van der Waals surface area contributed by atoms with E-state index in [0.717, 1.165) is 0 Å². The number of fused-ring (bicyclic) bond motifs is 1. The van der Waals surface area contributed by atoms with E-state index < -0.39 is 45.9 Å². The maximum atomic E-state index is 12.9. The summed E-state index contributed by atoms with van der Waals surface area (Å²) in [6.45, 7) is 0. The smallest absolute Gasteiger partial charge is 0.433 e. The van der Waals surface area contributed by atoms with E-state index in [1.807, 2.05) is 0 Å². The molecule has 0 bridgehead atoms. The van der Waals surface area contributed by atoms with Crippen LogP contribution in [0.15, 0.2) is 11.1 Å². The molecule has 0 radical (unpaired) electrons. The van der Waals surface area contributed by atoms with Crippen molar-refractivity contribution in [2.75, 3.05) is 6.26 Å². The van der Waals surface area contributed by atoms with E-state index in [1.54, 1.807) is 0 Å². The average Bonchev–Trinajstić information content (AvgIpc) is 2.73. The molecule has 2 rings (SSSR count). The fraction of sp³-hybridized carbons (Fsp3) is 0.300. The minimum Gasteiger partial charge on any atom is -0.545 e. The number of carboxylic acids is 1. The predicted octanol–water partition coefficient (Wildman–Crippen LogP) is 1.85. The van der Waals surface area contributed by atoms with Crippen LogP contribution < -0.4 is 5.11 Å². The number of rotatable bonds is 2. The van der Waals surface area contributed by atoms with Gasteiger partial charge in [0.1, 0.15) is 10.7 Å². The Labute approximate surface area is 121 Å². The Balaban J connectivity index is 2.97. The highest BCUT2D eigenvalue weighted by Gasteiger charge is 2.41. The van der Waals surface area contributed by atoms with Crippen molar-refractivity contribution in [3.63, 3.8) is 0 Å². The van der Waals surface area contributed by atoms with Crippen LogP contribution in [0.4, 0.5) is 26.3 Å². The number of carboxylic acid groups (broad SMARTS) is 1. The quantitative estimate of drug-likeness (QED) is 0.614. The lowest BCUT2D eigenvalue weighted by Gasteiger charge is -2.12. The van der Waals surface area contributed by atoms with E-state index in [9.17, 15) is 36.2 Å². The molecule has 0 fully saturated rings. The second kappa shape index (κ2) is 5.04. The Morgan fingerprint density at radius 2 is 1.82 bits per heavy atom. The number of thioether (sulfide) groups is 1. The molecule has 2 aromatic heterocycles. The van der Waals surface area contributed by atoms with Crippen molar-refractivity contribution < 1.29 is 36.2 Å². The van der Waals surface area contributed by atoms with Crippen LogP contribution in [0.1, 0.15) is 21.7 Å². The van der Waals surface area contributed by atoms with Crippen molar-refractivity contribution in [1.29, 1.82) is 0 Å². The van der Waals surface area contributed by atoms with Crippen LogP contribution in [-0.4, -0.2) is 26.8 Å². The number of carbonyl (C=O) groups excluding carboxylic acids is 1. The fourth-order valence-electron chi connectivity index (χ4n) is 1.67. The fourth-order valence-corrected chi connectivity index (χ4v) is 2.21. The van der Waals surface area contributed by atoms with E-state index in [0.29, 0.717) is 11.8 Å². The molecular weight excluding hydrogens is 340 g/mol. The Morgan fingerprint density at radius 1 is 1.23 bits per heavy atom. The van der Waals surface area contributed by atoms with Gasteiger partial charge in [0.05, 0.1) is 11.5 Å². The lowest BCUT2D eigenvalue weighted by atomic mass is 10.2. The number of halogens is 6. The lowest BCUT2D eigenvalue weighted by Crippen LogP contribution is -2.24. The zero-order valence-corrected chi connectivity index (χ0v) is 11.2. The SMILES string of the molecule is CSc1nn2c(C(F)(F)F)cc(C(F)(F)F)nc2c1C(=O)[O-]. The summed E-state index contributed by atoms with van der Waals surface area (Å²) in [5.74, 6) is -1.97. The van der Waals surface area contributed by atoms with E-state index in [1.165, 1.54) is 6.26 Å². The lowest BCUT2D eigenvalue weighted by molar-refractivity contribution is -0.255. The molecular formula is C10H4F6N3O2S-. The number of aromatic carboxylic acids is 1. The summed E-state index contributed by atoms with van der Waals surface area (Å²) in [7, 11) is 0. The van der Waals surface area contributed by atoms with E-state index in [-0.39, 0.29) is 10.6 Å². The van der Waals surface area contributed by atoms with Gasteiger partial charge in [0.25, 0.3) is 0 Å². The van der Waals surface area contributed by atoms with Gasteiger partial charge in [-0.25, -0.2) is 9.50 Å². The number of alkyl halides is 6. The first kappa shape index (κ1) is 16.4. The summed E-state index contributed by atoms with van der Waals surface area (Å²) in [5.41, 5.74) is -5.66. The van der Waals surface area contributed by atoms with Crippen molar-refractivity contribution in [3.8, 4) is 0 Å². The summed E-state index contributed by atoms with van der Waals surface area (Å²) in [5, 5.41) is 13.9. The van der Waals surface area contributed by atoms with Gasteiger partial charge in [-0.2, -0.15) is 31.4 Å². The maximum absolute atomic E-state index is 12.9. The van der Waals surface area contributed by atoms with Gasteiger partial charge in [0.2, 0.25) is 0 Å². The molecule has 0 N–H and O–H groups in total. The molecule has 0 atom stereocenters. The van der Waals surface area contributed by atoms with Crippen LogP contribution in [0, 0.1) is 0 Å². The van der Waals surface area contributed by atoms with Gasteiger partial charge < -0.3 is 9.90 Å². The molecule has 5 nitrogen and oxygen atoms in total. The molecule has 2 aromatic rings.